The maximum absolute atomic E-state index is 5.33. The molecule has 1 aromatic rings. The Balaban J connectivity index is 2.05. The van der Waals surface area contributed by atoms with Crippen molar-refractivity contribution in [2.45, 2.75) is 19.3 Å². The molecule has 0 aromatic heterocycles. The van der Waals surface area contributed by atoms with Gasteiger partial charge in [0.15, 0.2) is 11.5 Å². The van der Waals surface area contributed by atoms with Crippen LogP contribution in [0.1, 0.15) is 18.4 Å². The van der Waals surface area contributed by atoms with Crippen molar-refractivity contribution < 1.29 is 9.47 Å². The molecule has 94 valence electrons. The monoisotopic (exact) mass is 235 g/mol. The highest BCUT2D eigenvalue weighted by Gasteiger charge is 2.14. The zero-order valence-electron chi connectivity index (χ0n) is 10.7. The number of hydrogen-bond donors (Lipinski definition) is 1. The summed E-state index contributed by atoms with van der Waals surface area (Å²) in [4.78, 5) is 0. The van der Waals surface area contributed by atoms with E-state index in [1.807, 2.05) is 6.07 Å². The molecule has 1 aromatic carbocycles. The predicted molar refractivity (Wildman–Crippen MR) is 68.8 cm³/mol. The summed E-state index contributed by atoms with van der Waals surface area (Å²) >= 11 is 0. The van der Waals surface area contributed by atoms with Crippen LogP contribution in [0.4, 0.5) is 0 Å². The van der Waals surface area contributed by atoms with Gasteiger partial charge in [-0.1, -0.05) is 6.07 Å². The quantitative estimate of drug-likeness (QED) is 0.868. The molecular formula is C14H21NO2. The lowest BCUT2D eigenvalue weighted by molar-refractivity contribution is 0.352. The standard InChI is InChI=1S/C14H21NO2/c1-16-13-6-5-11(9-14(13)17-2)8-12-4-3-7-15-10-12/h5-6,9,12,15H,3-4,7-8,10H2,1-2H3/t12-/m0/s1. The molecule has 1 aliphatic heterocycles. The van der Waals surface area contributed by atoms with Gasteiger partial charge in [0.1, 0.15) is 0 Å². The average Bonchev–Trinajstić information content (AvgIpc) is 2.40. The van der Waals surface area contributed by atoms with Gasteiger partial charge in [0.2, 0.25) is 0 Å². The van der Waals surface area contributed by atoms with Gasteiger partial charge in [-0.05, 0) is 56.0 Å². The fraction of sp³-hybridized carbons (Fsp3) is 0.571. The fourth-order valence-corrected chi connectivity index (χ4v) is 2.44. The molecule has 1 N–H and O–H groups in total. The van der Waals surface area contributed by atoms with E-state index >= 15 is 0 Å². The minimum Gasteiger partial charge on any atom is -0.493 e. The Morgan fingerprint density at radius 2 is 2.06 bits per heavy atom. The molecule has 0 bridgehead atoms. The highest BCUT2D eigenvalue weighted by Crippen LogP contribution is 2.29. The molecule has 0 amide bonds. The van der Waals surface area contributed by atoms with Gasteiger partial charge in [0, 0.05) is 0 Å². The second-order valence-corrected chi connectivity index (χ2v) is 4.61. The minimum absolute atomic E-state index is 0.752. The summed E-state index contributed by atoms with van der Waals surface area (Å²) in [6, 6.07) is 6.22. The lowest BCUT2D eigenvalue weighted by Gasteiger charge is -2.23. The lowest BCUT2D eigenvalue weighted by Crippen LogP contribution is -2.30. The van der Waals surface area contributed by atoms with Crippen molar-refractivity contribution in [3.63, 3.8) is 0 Å². The third kappa shape index (κ3) is 3.13. The highest BCUT2D eigenvalue weighted by atomic mass is 16.5. The van der Waals surface area contributed by atoms with E-state index < -0.39 is 0 Å². The van der Waals surface area contributed by atoms with Gasteiger partial charge in [-0.25, -0.2) is 0 Å². The Bertz CT molecular complexity index is 359. The summed E-state index contributed by atoms with van der Waals surface area (Å²) in [7, 11) is 3.35. The lowest BCUT2D eigenvalue weighted by atomic mass is 9.92. The molecule has 0 aliphatic carbocycles. The van der Waals surface area contributed by atoms with Crippen LogP contribution in [0.2, 0.25) is 0 Å². The Hall–Kier alpha value is -1.22. The van der Waals surface area contributed by atoms with Gasteiger partial charge in [-0.3, -0.25) is 0 Å². The molecule has 17 heavy (non-hydrogen) atoms. The van der Waals surface area contributed by atoms with Crippen molar-refractivity contribution in [2.75, 3.05) is 27.3 Å². The van der Waals surface area contributed by atoms with Crippen molar-refractivity contribution >= 4 is 0 Å². The molecular weight excluding hydrogens is 214 g/mol. The smallest absolute Gasteiger partial charge is 0.160 e. The maximum atomic E-state index is 5.33. The van der Waals surface area contributed by atoms with Crippen molar-refractivity contribution in [2.24, 2.45) is 5.92 Å². The molecule has 3 nitrogen and oxygen atoms in total. The zero-order chi connectivity index (χ0) is 12.1. The SMILES string of the molecule is COc1ccc(C[C@@H]2CCCNC2)cc1OC. The minimum atomic E-state index is 0.752. The first-order valence-electron chi connectivity index (χ1n) is 6.25. The van der Waals surface area contributed by atoms with E-state index in [1.54, 1.807) is 14.2 Å². The Kier molecular flexibility index (Phi) is 4.26. The molecule has 0 radical (unpaired) electrons. The summed E-state index contributed by atoms with van der Waals surface area (Å²) in [6.45, 7) is 2.30. The van der Waals surface area contributed by atoms with Crippen LogP contribution in [-0.4, -0.2) is 27.3 Å². The summed E-state index contributed by atoms with van der Waals surface area (Å²) in [5.41, 5.74) is 1.33. The number of methoxy groups -OCH3 is 2. The van der Waals surface area contributed by atoms with E-state index in [4.69, 9.17) is 9.47 Å². The van der Waals surface area contributed by atoms with Crippen LogP contribution in [0.15, 0.2) is 18.2 Å². The molecule has 1 atom stereocenters. The third-order valence-electron chi connectivity index (χ3n) is 3.37. The van der Waals surface area contributed by atoms with Crippen molar-refractivity contribution in [3.05, 3.63) is 23.8 Å². The van der Waals surface area contributed by atoms with E-state index in [1.165, 1.54) is 24.9 Å². The first-order chi connectivity index (χ1) is 8.33. The molecule has 1 heterocycles. The average molecular weight is 235 g/mol. The van der Waals surface area contributed by atoms with Gasteiger partial charge in [0.25, 0.3) is 0 Å². The number of nitrogens with one attached hydrogen (secondary N) is 1. The second kappa shape index (κ2) is 5.92. The Morgan fingerprint density at radius 3 is 2.71 bits per heavy atom. The van der Waals surface area contributed by atoms with Crippen molar-refractivity contribution in [3.8, 4) is 11.5 Å². The van der Waals surface area contributed by atoms with E-state index in [0.29, 0.717) is 0 Å². The van der Waals surface area contributed by atoms with Crippen molar-refractivity contribution in [1.82, 2.24) is 5.32 Å². The van der Waals surface area contributed by atoms with E-state index in [9.17, 15) is 0 Å². The van der Waals surface area contributed by atoms with E-state index in [0.717, 1.165) is 30.4 Å². The van der Waals surface area contributed by atoms with Crippen LogP contribution in [0.25, 0.3) is 0 Å². The highest BCUT2D eigenvalue weighted by molar-refractivity contribution is 5.43. The van der Waals surface area contributed by atoms with Crippen LogP contribution in [0, 0.1) is 5.92 Å². The molecule has 0 saturated carbocycles. The van der Waals surface area contributed by atoms with Crippen molar-refractivity contribution in [1.29, 1.82) is 0 Å². The van der Waals surface area contributed by atoms with Crippen LogP contribution in [0.3, 0.4) is 0 Å². The first kappa shape index (κ1) is 12.2. The van der Waals surface area contributed by atoms with E-state index in [-0.39, 0.29) is 0 Å². The van der Waals surface area contributed by atoms with Gasteiger partial charge >= 0.3 is 0 Å². The summed E-state index contributed by atoms with van der Waals surface area (Å²) in [5.74, 6) is 2.38. The maximum Gasteiger partial charge on any atom is 0.160 e. The molecule has 0 spiro atoms. The van der Waals surface area contributed by atoms with Gasteiger partial charge in [0.05, 0.1) is 14.2 Å². The Labute approximate surface area is 103 Å². The number of ether oxygens (including phenoxy) is 2. The number of hydrogen-bond acceptors (Lipinski definition) is 3. The predicted octanol–water partition coefficient (Wildman–Crippen LogP) is 2.25. The first-order valence-corrected chi connectivity index (χ1v) is 6.25. The molecule has 1 fully saturated rings. The largest absolute Gasteiger partial charge is 0.493 e. The topological polar surface area (TPSA) is 30.5 Å². The number of piperidine rings is 1. The van der Waals surface area contributed by atoms with Gasteiger partial charge in [-0.15, -0.1) is 0 Å². The normalized spacial score (nSPS) is 20.0. The van der Waals surface area contributed by atoms with Crippen LogP contribution in [-0.2, 0) is 6.42 Å². The molecule has 1 aliphatic rings. The summed E-state index contributed by atoms with van der Waals surface area (Å²) in [5, 5.41) is 3.45. The summed E-state index contributed by atoms with van der Waals surface area (Å²) < 4.78 is 10.6. The second-order valence-electron chi connectivity index (χ2n) is 4.61. The number of benzene rings is 1. The van der Waals surface area contributed by atoms with Crippen LogP contribution >= 0.6 is 0 Å². The zero-order valence-corrected chi connectivity index (χ0v) is 10.7. The Morgan fingerprint density at radius 1 is 1.24 bits per heavy atom. The molecule has 3 heteroatoms. The summed E-state index contributed by atoms with van der Waals surface area (Å²) in [6.07, 6.45) is 3.73. The van der Waals surface area contributed by atoms with Gasteiger partial charge in [-0.2, -0.15) is 0 Å². The molecule has 0 unspecified atom stereocenters. The molecule has 1 saturated heterocycles. The molecule has 2 rings (SSSR count). The van der Waals surface area contributed by atoms with E-state index in [2.05, 4.69) is 17.4 Å². The fourth-order valence-electron chi connectivity index (χ4n) is 2.44. The number of rotatable bonds is 4. The van der Waals surface area contributed by atoms with Crippen LogP contribution in [0.5, 0.6) is 11.5 Å². The van der Waals surface area contributed by atoms with Gasteiger partial charge < -0.3 is 14.8 Å². The third-order valence-corrected chi connectivity index (χ3v) is 3.37. The van der Waals surface area contributed by atoms with Crippen LogP contribution < -0.4 is 14.8 Å².